The molecule has 0 heterocycles. The van der Waals surface area contributed by atoms with Crippen LogP contribution in [0.4, 0.5) is 0 Å². The summed E-state index contributed by atoms with van der Waals surface area (Å²) in [5.41, 5.74) is 8.35. The minimum Gasteiger partial charge on any atom is -0.483 e. The van der Waals surface area contributed by atoms with Crippen LogP contribution in [-0.4, -0.2) is 64.4 Å². The molecule has 2 unspecified atom stereocenters. The van der Waals surface area contributed by atoms with Crippen LogP contribution >= 0.6 is 0 Å². The topological polar surface area (TPSA) is 130 Å². The van der Waals surface area contributed by atoms with Crippen molar-refractivity contribution in [2.24, 2.45) is 5.92 Å². The zero-order chi connectivity index (χ0) is 48.6. The van der Waals surface area contributed by atoms with E-state index in [1.165, 1.54) is 11.6 Å². The highest BCUT2D eigenvalue weighted by atomic mass is 16.6. The predicted octanol–water partition coefficient (Wildman–Crippen LogP) is 10.5. The summed E-state index contributed by atoms with van der Waals surface area (Å²) in [6.45, 7) is 42.2. The van der Waals surface area contributed by atoms with E-state index in [2.05, 4.69) is 43.2 Å². The molecule has 0 saturated carbocycles. The number of aliphatic hydroxyl groups is 3. The van der Waals surface area contributed by atoms with Crippen LogP contribution < -0.4 is 0 Å². The predicted molar refractivity (Wildman–Crippen MR) is 252 cm³/mol. The van der Waals surface area contributed by atoms with E-state index >= 15 is 0 Å². The highest BCUT2D eigenvalue weighted by Gasteiger charge is 2.17. The summed E-state index contributed by atoms with van der Waals surface area (Å²) >= 11 is 0. The van der Waals surface area contributed by atoms with Gasteiger partial charge in [0, 0.05) is 12.7 Å². The first-order valence-electron chi connectivity index (χ1n) is 18.5. The molecule has 0 rings (SSSR count). The number of aliphatic hydroxyl groups excluding tert-OH is 2. The van der Waals surface area contributed by atoms with Crippen LogP contribution in [0.2, 0.25) is 0 Å². The molecule has 0 aliphatic heterocycles. The molecule has 0 radical (unpaired) electrons. The number of ether oxygens (including phenoxy) is 2. The summed E-state index contributed by atoms with van der Waals surface area (Å²) in [6, 6.07) is 0. The van der Waals surface area contributed by atoms with Crippen LogP contribution in [0.1, 0.15) is 118 Å². The molecule has 0 spiro atoms. The first kappa shape index (κ1) is 68.5. The summed E-state index contributed by atoms with van der Waals surface area (Å²) in [5, 5.41) is 24.9. The number of rotatable bonds is 13. The van der Waals surface area contributed by atoms with Gasteiger partial charge in [-0.1, -0.05) is 77.5 Å². The van der Waals surface area contributed by atoms with Gasteiger partial charge in [-0.15, -0.1) is 25.0 Å². The van der Waals surface area contributed by atoms with Crippen LogP contribution in [-0.2, 0) is 23.9 Å². The molecule has 330 valence electrons. The van der Waals surface area contributed by atoms with Crippen molar-refractivity contribution in [2.45, 2.75) is 141 Å². The summed E-state index contributed by atoms with van der Waals surface area (Å²) in [5.74, 6) is 6.93. The lowest BCUT2D eigenvalue weighted by molar-refractivity contribution is -0.121. The second-order valence-corrected chi connectivity index (χ2v) is 15.0. The molecule has 0 aliphatic rings. The maximum absolute atomic E-state index is 10.4. The first-order chi connectivity index (χ1) is 26.8. The van der Waals surface area contributed by atoms with Gasteiger partial charge in [0.05, 0.1) is 12.2 Å². The SMILES string of the molecule is C#CC(C)(C)O.C#CC(C)(C)O/C=C/C(=C)C.C#CC(C)(C)OC(O)C=C(C)C.C=C(C)/C(C=O)=C\C=C(C)C.C=C(C)C(C=O)C=C=C(C)C.CC(C)=CC=O.CO. The Hall–Kier alpha value is -5.23. The van der Waals surface area contributed by atoms with Gasteiger partial charge in [-0.2, -0.15) is 0 Å². The quantitative estimate of drug-likeness (QED) is 0.0245. The molecule has 0 aromatic carbocycles. The fraction of sp³-hybridized carbons (Fsp3) is 0.451. The highest BCUT2D eigenvalue weighted by Crippen LogP contribution is 2.11. The van der Waals surface area contributed by atoms with Gasteiger partial charge in [-0.3, -0.25) is 9.59 Å². The van der Waals surface area contributed by atoms with Crippen LogP contribution in [0.3, 0.4) is 0 Å². The van der Waals surface area contributed by atoms with Crippen molar-refractivity contribution in [1.82, 2.24) is 0 Å². The summed E-state index contributed by atoms with van der Waals surface area (Å²) in [4.78, 5) is 30.4. The fourth-order valence-electron chi connectivity index (χ4n) is 2.24. The Morgan fingerprint density at radius 1 is 0.695 bits per heavy atom. The molecule has 0 fully saturated rings. The normalized spacial score (nSPS) is 10.7. The summed E-state index contributed by atoms with van der Waals surface area (Å²) in [6.07, 6.45) is 28.7. The van der Waals surface area contributed by atoms with Crippen molar-refractivity contribution in [3.8, 4) is 37.0 Å². The van der Waals surface area contributed by atoms with Crippen molar-refractivity contribution in [3.63, 3.8) is 0 Å². The van der Waals surface area contributed by atoms with E-state index in [1.54, 1.807) is 58.3 Å². The third-order valence-corrected chi connectivity index (χ3v) is 5.54. The van der Waals surface area contributed by atoms with E-state index < -0.39 is 23.1 Å². The molecule has 0 bridgehead atoms. The molecule has 0 aromatic rings. The van der Waals surface area contributed by atoms with Crippen LogP contribution in [0.5, 0.6) is 0 Å². The number of carbonyl (C=O) groups is 3. The third kappa shape index (κ3) is 67.9. The molecule has 3 N–H and O–H groups in total. The summed E-state index contributed by atoms with van der Waals surface area (Å²) < 4.78 is 10.4. The lowest BCUT2D eigenvalue weighted by Crippen LogP contribution is -2.27. The van der Waals surface area contributed by atoms with Gasteiger partial charge in [-0.05, 0) is 153 Å². The highest BCUT2D eigenvalue weighted by molar-refractivity contribution is 5.80. The van der Waals surface area contributed by atoms with Crippen LogP contribution in [0.25, 0.3) is 0 Å². The molecule has 2 atom stereocenters. The van der Waals surface area contributed by atoms with Crippen molar-refractivity contribution in [3.05, 3.63) is 113 Å². The fourth-order valence-corrected chi connectivity index (χ4v) is 2.24. The zero-order valence-corrected chi connectivity index (χ0v) is 39.7. The monoisotopic (exact) mass is 819 g/mol. The average Bonchev–Trinajstić information content (AvgIpc) is 3.09. The van der Waals surface area contributed by atoms with E-state index in [0.717, 1.165) is 59.4 Å². The van der Waals surface area contributed by atoms with E-state index in [1.807, 2.05) is 96.1 Å². The van der Waals surface area contributed by atoms with Gasteiger partial charge < -0.3 is 29.6 Å². The van der Waals surface area contributed by atoms with E-state index in [4.69, 9.17) is 39.0 Å². The molecule has 0 aromatic heterocycles. The van der Waals surface area contributed by atoms with Crippen molar-refractivity contribution in [2.75, 3.05) is 7.11 Å². The van der Waals surface area contributed by atoms with Gasteiger partial charge in [-0.25, -0.2) is 0 Å². The first-order valence-corrected chi connectivity index (χ1v) is 18.5. The lowest BCUT2D eigenvalue weighted by atomic mass is 10.0. The number of carbonyl (C=O) groups excluding carboxylic acids is 3. The molecule has 8 heteroatoms. The van der Waals surface area contributed by atoms with E-state index in [0.29, 0.717) is 5.57 Å². The van der Waals surface area contributed by atoms with Gasteiger partial charge in [0.2, 0.25) is 0 Å². The van der Waals surface area contributed by atoms with Gasteiger partial charge in [0.15, 0.2) is 11.9 Å². The van der Waals surface area contributed by atoms with Crippen LogP contribution in [0, 0.1) is 42.9 Å². The van der Waals surface area contributed by atoms with Crippen molar-refractivity contribution in [1.29, 1.82) is 0 Å². The second kappa shape index (κ2) is 40.9. The standard InChI is InChI=1S/C10H16O2.3C10H14O.2C5H8O.CH4O/c1-6-10(4,5)12-9(11)7-8(2)3;2*1-8(2)5-6-10(7-11)9(3)4;1-6-10(4,5)11-8-7-9(2)3;1-5(2)3-4-6;1-4-5(2,3)6;1-2/h1,7,9,11H,2-5H3;6-7,10H,3H2,1-2,4H3;5-7H,3H2,1-2,4H3;1,7-8H,2H2,3-5H3;3-4H,1-2H3;1,6H,2-3H3;2H,1H3/b;;10-6-;8-7+;;;. The Morgan fingerprint density at radius 3 is 1.37 bits per heavy atom. The maximum atomic E-state index is 10.4. The minimum absolute atomic E-state index is 0.176. The minimum atomic E-state index is -0.931. The van der Waals surface area contributed by atoms with Crippen molar-refractivity contribution >= 4 is 18.9 Å². The average molecular weight is 819 g/mol. The largest absolute Gasteiger partial charge is 0.483 e. The van der Waals surface area contributed by atoms with E-state index in [9.17, 15) is 19.5 Å². The molecule has 0 aliphatic carbocycles. The third-order valence-electron chi connectivity index (χ3n) is 5.54. The Bertz CT molecular complexity index is 1590. The van der Waals surface area contributed by atoms with Gasteiger partial charge in [0.1, 0.15) is 30.1 Å². The lowest BCUT2D eigenvalue weighted by Gasteiger charge is -2.21. The molecule has 8 nitrogen and oxygen atoms in total. The number of allylic oxidation sites excluding steroid dienone is 12. The number of hydrogen-bond donors (Lipinski definition) is 3. The number of terminal acetylenes is 3. The second-order valence-electron chi connectivity index (χ2n) is 15.0. The smallest absolute Gasteiger partial charge is 0.176 e. The maximum Gasteiger partial charge on any atom is 0.176 e. The Morgan fingerprint density at radius 2 is 1.14 bits per heavy atom. The summed E-state index contributed by atoms with van der Waals surface area (Å²) in [7, 11) is 1.00. The van der Waals surface area contributed by atoms with Gasteiger partial charge in [0.25, 0.3) is 0 Å². The van der Waals surface area contributed by atoms with Gasteiger partial charge >= 0.3 is 0 Å². The Kier molecular flexibility index (Phi) is 47.5. The molecule has 0 saturated heterocycles. The number of hydrogen-bond acceptors (Lipinski definition) is 8. The Balaban J connectivity index is -0.000000111. The number of aldehydes is 3. The zero-order valence-electron chi connectivity index (χ0n) is 39.7. The van der Waals surface area contributed by atoms with E-state index in [-0.39, 0.29) is 5.92 Å². The molecule has 0 amide bonds. The van der Waals surface area contributed by atoms with Crippen LogP contribution in [0.15, 0.2) is 113 Å². The Labute approximate surface area is 360 Å². The molecular weight excluding hydrogens is 741 g/mol. The van der Waals surface area contributed by atoms with Crippen molar-refractivity contribution < 1.29 is 39.2 Å². The molecular formula is C51H78O8. The molecule has 59 heavy (non-hydrogen) atoms.